The van der Waals surface area contributed by atoms with E-state index in [1.54, 1.807) is 47.9 Å². The summed E-state index contributed by atoms with van der Waals surface area (Å²) >= 11 is 0. The van der Waals surface area contributed by atoms with Gasteiger partial charge in [-0.05, 0) is 49.6 Å². The van der Waals surface area contributed by atoms with Crippen molar-refractivity contribution in [2.24, 2.45) is 13.0 Å². The van der Waals surface area contributed by atoms with Crippen molar-refractivity contribution in [1.29, 1.82) is 0 Å². The molecule has 1 atom stereocenters. The van der Waals surface area contributed by atoms with Gasteiger partial charge >= 0.3 is 0 Å². The van der Waals surface area contributed by atoms with E-state index in [-0.39, 0.29) is 17.5 Å². The van der Waals surface area contributed by atoms with Gasteiger partial charge < -0.3 is 9.64 Å². The Hall–Kier alpha value is -3.15. The lowest BCUT2D eigenvalue weighted by Crippen LogP contribution is -2.38. The highest BCUT2D eigenvalue weighted by atomic mass is 16.5. The Kier molecular flexibility index (Phi) is 6.55. The molecule has 0 radical (unpaired) electrons. The zero-order valence-electron chi connectivity index (χ0n) is 18.3. The zero-order valence-corrected chi connectivity index (χ0v) is 18.3. The Balaban J connectivity index is 2.05. The van der Waals surface area contributed by atoms with Crippen LogP contribution in [0.25, 0.3) is 10.9 Å². The molecule has 0 saturated heterocycles. The Morgan fingerprint density at radius 1 is 1.13 bits per heavy atom. The normalized spacial score (nSPS) is 12.2. The summed E-state index contributed by atoms with van der Waals surface area (Å²) in [6.45, 7) is 6.75. The van der Waals surface area contributed by atoms with E-state index in [2.05, 4.69) is 13.8 Å². The van der Waals surface area contributed by atoms with Crippen LogP contribution in [0.4, 0.5) is 0 Å². The average molecular weight is 408 g/mol. The molecule has 1 unspecified atom stereocenters. The molecule has 0 saturated carbocycles. The number of ether oxygens (including phenoxy) is 1. The molecule has 0 aliphatic rings. The molecular weight excluding hydrogens is 378 g/mol. The van der Waals surface area contributed by atoms with Gasteiger partial charge in [-0.3, -0.25) is 14.2 Å². The van der Waals surface area contributed by atoms with Gasteiger partial charge in [0.15, 0.2) is 0 Å². The highest BCUT2D eigenvalue weighted by molar-refractivity contribution is 5.95. The number of hydrogen-bond acceptors (Lipinski definition) is 4. The molecule has 158 valence electrons. The summed E-state index contributed by atoms with van der Waals surface area (Å²) in [5.74, 6) is 1.53. The number of amides is 1. The van der Waals surface area contributed by atoms with Crippen LogP contribution in [0.15, 0.2) is 53.3 Å². The minimum absolute atomic E-state index is 0.107. The van der Waals surface area contributed by atoms with Gasteiger partial charge in [0.2, 0.25) is 0 Å². The minimum atomic E-state index is -0.371. The molecule has 6 heteroatoms. The second-order valence-corrected chi connectivity index (χ2v) is 7.94. The maximum atomic E-state index is 13.5. The number of hydrogen-bond donors (Lipinski definition) is 0. The quantitative estimate of drug-likeness (QED) is 0.589. The van der Waals surface area contributed by atoms with Gasteiger partial charge in [-0.15, -0.1) is 0 Å². The standard InChI is InChI=1S/C24H29N3O3/c1-16(2)13-14-27(23(28)18-9-8-10-19(15-18)30-5)17(3)22-25-21-12-7-6-11-20(21)24(29)26(22)4/h6-12,15-17H,13-14H2,1-5H3. The van der Waals surface area contributed by atoms with Crippen LogP contribution in [0.1, 0.15) is 49.4 Å². The monoisotopic (exact) mass is 407 g/mol. The van der Waals surface area contributed by atoms with Crippen LogP contribution < -0.4 is 10.3 Å². The van der Waals surface area contributed by atoms with Crippen molar-refractivity contribution in [2.75, 3.05) is 13.7 Å². The first-order valence-electron chi connectivity index (χ1n) is 10.2. The largest absolute Gasteiger partial charge is 0.497 e. The summed E-state index contributed by atoms with van der Waals surface area (Å²) in [5.41, 5.74) is 1.08. The summed E-state index contributed by atoms with van der Waals surface area (Å²) in [6, 6.07) is 14.1. The molecule has 1 aromatic heterocycles. The highest BCUT2D eigenvalue weighted by Gasteiger charge is 2.26. The molecule has 3 rings (SSSR count). The van der Waals surface area contributed by atoms with E-state index in [1.807, 2.05) is 31.2 Å². The van der Waals surface area contributed by atoms with Crippen LogP contribution in [0.3, 0.4) is 0 Å². The molecule has 0 aliphatic heterocycles. The number of aromatic nitrogens is 2. The molecule has 0 bridgehead atoms. The average Bonchev–Trinajstić information content (AvgIpc) is 2.75. The molecule has 0 aliphatic carbocycles. The number of para-hydroxylation sites is 1. The van der Waals surface area contributed by atoms with Crippen molar-refractivity contribution in [2.45, 2.75) is 33.2 Å². The fraction of sp³-hybridized carbons (Fsp3) is 0.375. The second kappa shape index (κ2) is 9.11. The van der Waals surface area contributed by atoms with Crippen molar-refractivity contribution >= 4 is 16.8 Å². The molecule has 0 spiro atoms. The minimum Gasteiger partial charge on any atom is -0.497 e. The summed E-state index contributed by atoms with van der Waals surface area (Å²) in [4.78, 5) is 32.9. The number of fused-ring (bicyclic) bond motifs is 1. The summed E-state index contributed by atoms with van der Waals surface area (Å²) in [5, 5.41) is 0.573. The smallest absolute Gasteiger partial charge is 0.261 e. The van der Waals surface area contributed by atoms with Gasteiger partial charge in [-0.25, -0.2) is 4.98 Å². The number of methoxy groups -OCH3 is 1. The number of carbonyl (C=O) groups is 1. The van der Waals surface area contributed by atoms with E-state index in [9.17, 15) is 9.59 Å². The first-order chi connectivity index (χ1) is 14.3. The van der Waals surface area contributed by atoms with Crippen molar-refractivity contribution in [1.82, 2.24) is 14.5 Å². The Morgan fingerprint density at radius 2 is 1.87 bits per heavy atom. The van der Waals surface area contributed by atoms with Crippen LogP contribution in [0, 0.1) is 5.92 Å². The highest BCUT2D eigenvalue weighted by Crippen LogP contribution is 2.24. The number of benzene rings is 2. The maximum Gasteiger partial charge on any atom is 0.261 e. The van der Waals surface area contributed by atoms with Crippen molar-refractivity contribution in [3.8, 4) is 5.75 Å². The third kappa shape index (κ3) is 4.37. The number of carbonyl (C=O) groups excluding carboxylic acids is 1. The molecule has 30 heavy (non-hydrogen) atoms. The van der Waals surface area contributed by atoms with E-state index in [1.165, 1.54) is 0 Å². The molecular formula is C24H29N3O3. The van der Waals surface area contributed by atoms with Gasteiger partial charge in [-0.2, -0.15) is 0 Å². The van der Waals surface area contributed by atoms with E-state index in [4.69, 9.17) is 9.72 Å². The summed E-state index contributed by atoms with van der Waals surface area (Å²) < 4.78 is 6.83. The molecule has 0 N–H and O–H groups in total. The van der Waals surface area contributed by atoms with Gasteiger partial charge in [0.05, 0.1) is 24.1 Å². The van der Waals surface area contributed by atoms with Gasteiger partial charge in [0.1, 0.15) is 11.6 Å². The Morgan fingerprint density at radius 3 is 2.57 bits per heavy atom. The lowest BCUT2D eigenvalue weighted by atomic mass is 10.1. The fourth-order valence-corrected chi connectivity index (χ4v) is 3.54. The summed E-state index contributed by atoms with van der Waals surface area (Å²) in [6.07, 6.45) is 0.849. The topological polar surface area (TPSA) is 64.4 Å². The molecule has 0 fully saturated rings. The zero-order chi connectivity index (χ0) is 21.8. The van der Waals surface area contributed by atoms with Crippen LogP contribution in [0.2, 0.25) is 0 Å². The third-order valence-electron chi connectivity index (χ3n) is 5.38. The predicted molar refractivity (Wildman–Crippen MR) is 119 cm³/mol. The Bertz CT molecular complexity index is 1100. The van der Waals surface area contributed by atoms with Crippen LogP contribution in [-0.4, -0.2) is 34.0 Å². The lowest BCUT2D eigenvalue weighted by molar-refractivity contribution is 0.0670. The first kappa shape index (κ1) is 21.6. The second-order valence-electron chi connectivity index (χ2n) is 7.94. The molecule has 2 aromatic carbocycles. The van der Waals surface area contributed by atoms with E-state index < -0.39 is 0 Å². The van der Waals surface area contributed by atoms with E-state index >= 15 is 0 Å². The Labute approximate surface area is 177 Å². The maximum absolute atomic E-state index is 13.5. The summed E-state index contributed by atoms with van der Waals surface area (Å²) in [7, 11) is 3.29. The molecule has 3 aromatic rings. The molecule has 6 nitrogen and oxygen atoms in total. The molecule has 1 amide bonds. The first-order valence-corrected chi connectivity index (χ1v) is 10.2. The van der Waals surface area contributed by atoms with Gasteiger partial charge in [0, 0.05) is 19.2 Å². The molecule has 1 heterocycles. The van der Waals surface area contributed by atoms with Crippen molar-refractivity contribution in [3.05, 3.63) is 70.3 Å². The van der Waals surface area contributed by atoms with E-state index in [0.29, 0.717) is 40.5 Å². The SMILES string of the molecule is COc1cccc(C(=O)N(CCC(C)C)C(C)c2nc3ccccc3c(=O)n2C)c1. The van der Waals surface area contributed by atoms with Gasteiger partial charge in [0.25, 0.3) is 11.5 Å². The van der Waals surface area contributed by atoms with Crippen molar-refractivity contribution in [3.63, 3.8) is 0 Å². The van der Waals surface area contributed by atoms with Crippen LogP contribution >= 0.6 is 0 Å². The number of nitrogens with zero attached hydrogens (tertiary/aromatic N) is 3. The van der Waals surface area contributed by atoms with Crippen LogP contribution in [-0.2, 0) is 7.05 Å². The predicted octanol–water partition coefficient (Wildman–Crippen LogP) is 4.19. The van der Waals surface area contributed by atoms with Crippen molar-refractivity contribution < 1.29 is 9.53 Å². The fourth-order valence-electron chi connectivity index (χ4n) is 3.54. The number of rotatable bonds is 7. The van der Waals surface area contributed by atoms with Crippen LogP contribution in [0.5, 0.6) is 5.75 Å². The van der Waals surface area contributed by atoms with E-state index in [0.717, 1.165) is 6.42 Å². The lowest BCUT2D eigenvalue weighted by Gasteiger charge is -2.30. The third-order valence-corrected chi connectivity index (χ3v) is 5.38. The van der Waals surface area contributed by atoms with Gasteiger partial charge in [-0.1, -0.05) is 32.0 Å².